The van der Waals surface area contributed by atoms with Crippen molar-refractivity contribution in [1.29, 1.82) is 0 Å². The Bertz CT molecular complexity index is 50.3. The van der Waals surface area contributed by atoms with Crippen molar-refractivity contribution >= 4 is 10.2 Å². The zero-order valence-electron chi connectivity index (χ0n) is 6.57. The summed E-state index contributed by atoms with van der Waals surface area (Å²) in [6.45, 7) is 6.90. The topological polar surface area (TPSA) is 0 Å². The van der Waals surface area contributed by atoms with Crippen molar-refractivity contribution in [2.75, 3.05) is 0 Å². The molecule has 0 aromatic heterocycles. The summed E-state index contributed by atoms with van der Waals surface area (Å²) >= 11 is 0. The molecule has 1 atom stereocenters. The Morgan fingerprint density at radius 1 is 1.38 bits per heavy atom. The number of rotatable bonds is 3. The van der Waals surface area contributed by atoms with Crippen LogP contribution in [0.5, 0.6) is 0 Å². The molecule has 0 nitrogen and oxygen atoms in total. The fourth-order valence-electron chi connectivity index (χ4n) is 0.971. The van der Waals surface area contributed by atoms with Crippen molar-refractivity contribution in [2.24, 2.45) is 5.92 Å². The molecule has 8 heavy (non-hydrogen) atoms. The van der Waals surface area contributed by atoms with Gasteiger partial charge in [0.25, 0.3) is 0 Å². The van der Waals surface area contributed by atoms with Gasteiger partial charge in [0.2, 0.25) is 0 Å². The molecule has 0 spiro atoms. The fraction of sp³-hybridized carbons (Fsp3) is 1.00. The van der Waals surface area contributed by atoms with Crippen LogP contribution in [0.4, 0.5) is 0 Å². The van der Waals surface area contributed by atoms with Crippen molar-refractivity contribution < 1.29 is 0 Å². The van der Waals surface area contributed by atoms with Gasteiger partial charge in [0.1, 0.15) is 0 Å². The highest BCUT2D eigenvalue weighted by atomic mass is 28.1. The Labute approximate surface area is 56.1 Å². The summed E-state index contributed by atoms with van der Waals surface area (Å²) in [4.78, 5) is 0. The molecule has 0 bridgehead atoms. The lowest BCUT2D eigenvalue weighted by molar-refractivity contribution is 0.549. The third-order valence-corrected chi connectivity index (χ3v) is 2.86. The van der Waals surface area contributed by atoms with Crippen molar-refractivity contribution in [3.8, 4) is 0 Å². The van der Waals surface area contributed by atoms with Crippen molar-refractivity contribution in [1.82, 2.24) is 0 Å². The van der Waals surface area contributed by atoms with Crippen molar-refractivity contribution in [3.05, 3.63) is 0 Å². The quantitative estimate of drug-likeness (QED) is 0.509. The molecule has 0 aliphatic carbocycles. The maximum absolute atomic E-state index is 2.31. The molecule has 0 radical (unpaired) electrons. The second-order valence-corrected chi connectivity index (χ2v) is 4.78. The minimum absolute atomic E-state index is 0.914. The van der Waals surface area contributed by atoms with Crippen LogP contribution in [0.1, 0.15) is 33.6 Å². The van der Waals surface area contributed by atoms with E-state index in [1.54, 1.807) is 0 Å². The van der Waals surface area contributed by atoms with Gasteiger partial charge < -0.3 is 0 Å². The number of hydrogen-bond acceptors (Lipinski definition) is 0. The second kappa shape index (κ2) is 4.13. The van der Waals surface area contributed by atoms with Crippen molar-refractivity contribution in [3.63, 3.8) is 0 Å². The van der Waals surface area contributed by atoms with E-state index in [9.17, 15) is 0 Å². The molecule has 0 aromatic carbocycles. The van der Waals surface area contributed by atoms with Gasteiger partial charge in [-0.05, 0) is 5.92 Å². The highest BCUT2D eigenvalue weighted by Crippen LogP contribution is 2.15. The summed E-state index contributed by atoms with van der Waals surface area (Å²) in [5.41, 5.74) is 1.06. The normalized spacial score (nSPS) is 15.0. The predicted molar refractivity (Wildman–Crippen MR) is 43.4 cm³/mol. The molecule has 0 aliphatic heterocycles. The van der Waals surface area contributed by atoms with Crippen LogP contribution in [0.3, 0.4) is 0 Å². The van der Waals surface area contributed by atoms with Gasteiger partial charge in [0.15, 0.2) is 0 Å². The minimum Gasteiger partial charge on any atom is -0.0654 e. The molecule has 0 saturated carbocycles. The highest BCUT2D eigenvalue weighted by molar-refractivity contribution is 6.11. The maximum Gasteiger partial charge on any atom is 0.00672 e. The summed E-state index contributed by atoms with van der Waals surface area (Å²) in [7, 11) is 1.39. The molecule has 0 fully saturated rings. The second-order valence-electron chi connectivity index (χ2n) is 3.14. The van der Waals surface area contributed by atoms with Gasteiger partial charge in [-0.15, -0.1) is 0 Å². The lowest BCUT2D eigenvalue weighted by atomic mass is 10.1. The third kappa shape index (κ3) is 4.38. The van der Waals surface area contributed by atoms with Crippen LogP contribution in [0.2, 0.25) is 5.54 Å². The summed E-state index contributed by atoms with van der Waals surface area (Å²) in [6.07, 6.45) is 2.84. The van der Waals surface area contributed by atoms with Gasteiger partial charge in [-0.25, -0.2) is 0 Å². The van der Waals surface area contributed by atoms with Crippen LogP contribution < -0.4 is 0 Å². The summed E-state index contributed by atoms with van der Waals surface area (Å²) in [5, 5.41) is 0. The first-order valence-electron chi connectivity index (χ1n) is 3.66. The minimum atomic E-state index is 0.914. The molecular formula is C7H18Si. The van der Waals surface area contributed by atoms with E-state index in [0.717, 1.165) is 11.5 Å². The van der Waals surface area contributed by atoms with E-state index in [1.165, 1.54) is 23.1 Å². The van der Waals surface area contributed by atoms with Crippen LogP contribution >= 0.6 is 0 Å². The van der Waals surface area contributed by atoms with E-state index in [-0.39, 0.29) is 0 Å². The molecule has 0 saturated heterocycles. The zero-order chi connectivity index (χ0) is 6.57. The largest absolute Gasteiger partial charge is 0.0654 e. The summed E-state index contributed by atoms with van der Waals surface area (Å²) in [6, 6.07) is 0. The van der Waals surface area contributed by atoms with Crippen LogP contribution in [0.25, 0.3) is 0 Å². The molecule has 0 aliphatic rings. The molecular weight excluding hydrogens is 112 g/mol. The highest BCUT2D eigenvalue weighted by Gasteiger charge is 2.00. The predicted octanol–water partition coefficient (Wildman–Crippen LogP) is 1.60. The van der Waals surface area contributed by atoms with Gasteiger partial charge in [-0.3, -0.25) is 0 Å². The molecule has 0 amide bonds. The van der Waals surface area contributed by atoms with Crippen LogP contribution in [-0.2, 0) is 0 Å². The molecule has 0 rings (SSSR count). The Morgan fingerprint density at radius 2 is 1.88 bits per heavy atom. The molecule has 0 N–H and O–H groups in total. The van der Waals surface area contributed by atoms with E-state index in [2.05, 4.69) is 20.8 Å². The van der Waals surface area contributed by atoms with E-state index < -0.39 is 0 Å². The van der Waals surface area contributed by atoms with Crippen molar-refractivity contribution in [2.45, 2.75) is 39.2 Å². The van der Waals surface area contributed by atoms with Gasteiger partial charge in [0, 0.05) is 10.2 Å². The lowest BCUT2D eigenvalue weighted by Crippen LogP contribution is -1.95. The smallest absolute Gasteiger partial charge is 0.00672 e. The van der Waals surface area contributed by atoms with E-state index in [4.69, 9.17) is 0 Å². The lowest BCUT2D eigenvalue weighted by Gasteiger charge is -2.09. The Kier molecular flexibility index (Phi) is 4.24. The monoisotopic (exact) mass is 130 g/mol. The van der Waals surface area contributed by atoms with E-state index >= 15 is 0 Å². The van der Waals surface area contributed by atoms with Crippen LogP contribution in [-0.4, -0.2) is 10.2 Å². The maximum atomic E-state index is 2.31. The molecule has 1 unspecified atom stereocenters. The Hall–Kier alpha value is 0.217. The van der Waals surface area contributed by atoms with Gasteiger partial charge in [-0.2, -0.15) is 0 Å². The van der Waals surface area contributed by atoms with Crippen LogP contribution in [0, 0.1) is 5.92 Å². The summed E-state index contributed by atoms with van der Waals surface area (Å²) < 4.78 is 0. The molecule has 1 heteroatoms. The Balaban J connectivity index is 3.10. The molecule has 50 valence electrons. The number of hydrogen-bond donors (Lipinski definition) is 0. The average molecular weight is 130 g/mol. The van der Waals surface area contributed by atoms with E-state index in [0.29, 0.717) is 0 Å². The van der Waals surface area contributed by atoms with Gasteiger partial charge in [0.05, 0.1) is 0 Å². The first kappa shape index (κ1) is 8.22. The molecule has 0 heterocycles. The molecule has 0 aromatic rings. The Morgan fingerprint density at radius 3 is 2.00 bits per heavy atom. The van der Waals surface area contributed by atoms with Gasteiger partial charge in [-0.1, -0.05) is 39.2 Å². The first-order valence-corrected chi connectivity index (χ1v) is 4.82. The fourth-order valence-corrected chi connectivity index (χ4v) is 1.91. The van der Waals surface area contributed by atoms with Gasteiger partial charge >= 0.3 is 0 Å². The SMILES string of the molecule is CCC([SiH3])CC(C)C. The zero-order valence-corrected chi connectivity index (χ0v) is 8.57. The standard InChI is InChI=1S/C7H18Si/c1-4-7(8)5-6(2)3/h6-7H,4-5H2,1-3,8H3. The third-order valence-electron chi connectivity index (χ3n) is 1.57. The van der Waals surface area contributed by atoms with E-state index in [1.807, 2.05) is 0 Å². The average Bonchev–Trinajstić information content (AvgIpc) is 1.65. The first-order chi connectivity index (χ1) is 3.66. The summed E-state index contributed by atoms with van der Waals surface area (Å²) in [5.74, 6) is 0.914. The van der Waals surface area contributed by atoms with Crippen LogP contribution in [0.15, 0.2) is 0 Å².